The molecule has 0 nitrogen and oxygen atoms in total. The lowest BCUT2D eigenvalue weighted by Gasteiger charge is -2.04. The third kappa shape index (κ3) is 150. The first-order valence-corrected chi connectivity index (χ1v) is 2.17. The van der Waals surface area contributed by atoms with Crippen LogP contribution < -0.4 is 0 Å². The van der Waals surface area contributed by atoms with Crippen molar-refractivity contribution in [1.82, 2.24) is 0 Å². The van der Waals surface area contributed by atoms with E-state index in [1.165, 1.54) is 0 Å². The molecule has 0 amide bonds. The first-order valence-electron chi connectivity index (χ1n) is 1.72. The van der Waals surface area contributed by atoms with Crippen LogP contribution in [0, 0.1) is 0 Å². The zero-order valence-corrected chi connectivity index (χ0v) is 6.07. The van der Waals surface area contributed by atoms with Crippen molar-refractivity contribution < 1.29 is 0 Å². The number of hydrogen-bond donors (Lipinski definition) is 1. The van der Waals surface area contributed by atoms with Gasteiger partial charge in [0.2, 0.25) is 0 Å². The Morgan fingerprint density at radius 2 is 1.17 bits per heavy atom. The van der Waals surface area contributed by atoms with Gasteiger partial charge in [-0.1, -0.05) is 20.8 Å². The summed E-state index contributed by atoms with van der Waals surface area (Å²) in [7, 11) is 0. The summed E-state index contributed by atoms with van der Waals surface area (Å²) in [4.78, 5) is 0. The highest BCUT2D eigenvalue weighted by Gasteiger charge is 1.96. The number of halogens is 1. The van der Waals surface area contributed by atoms with E-state index in [0.29, 0.717) is 0 Å². The number of rotatable bonds is 0. The molecule has 0 heterocycles. The van der Waals surface area contributed by atoms with E-state index in [2.05, 4.69) is 33.4 Å². The second-order valence-corrected chi connectivity index (χ2v) is 3.51. The predicted molar refractivity (Wildman–Crippen MR) is 36.0 cm³/mol. The normalized spacial score (nSPS) is 10.0. The lowest BCUT2D eigenvalue weighted by molar-refractivity contribution is 0.812. The monoisotopic (exact) mass is 126 g/mol. The first kappa shape index (κ1) is 9.81. The summed E-state index contributed by atoms with van der Waals surface area (Å²) in [6, 6.07) is 0. The topological polar surface area (TPSA) is 0 Å². The zero-order valence-electron chi connectivity index (χ0n) is 4.36. The maximum absolute atomic E-state index is 4.12. The maximum Gasteiger partial charge on any atom is 0.00449 e. The van der Waals surface area contributed by atoms with Gasteiger partial charge in [-0.25, -0.2) is 0 Å². The molecule has 0 saturated carbocycles. The van der Waals surface area contributed by atoms with Crippen LogP contribution in [-0.2, 0) is 0 Å². The van der Waals surface area contributed by atoms with E-state index in [9.17, 15) is 0 Å². The summed E-state index contributed by atoms with van der Waals surface area (Å²) < 4.78 is 0.194. The van der Waals surface area contributed by atoms with Crippen molar-refractivity contribution in [3.8, 4) is 0 Å². The molecular weight excluding hydrogens is 116 g/mol. The quantitative estimate of drug-likeness (QED) is 0.473. The highest BCUT2D eigenvalue weighted by atomic mass is 35.5. The van der Waals surface area contributed by atoms with Crippen molar-refractivity contribution in [2.24, 2.45) is 0 Å². The Morgan fingerprint density at radius 1 is 1.17 bits per heavy atom. The van der Waals surface area contributed by atoms with E-state index in [1.807, 2.05) is 0 Å². The van der Waals surface area contributed by atoms with Crippen LogP contribution in [0.25, 0.3) is 0 Å². The molecule has 0 atom stereocenters. The summed E-state index contributed by atoms with van der Waals surface area (Å²) in [6.07, 6.45) is 0. The Kier molecular flexibility index (Phi) is 4.50. The van der Waals surface area contributed by atoms with Gasteiger partial charge in [0.1, 0.15) is 0 Å². The minimum atomic E-state index is 0. The van der Waals surface area contributed by atoms with Gasteiger partial charge in [0, 0.05) is 4.75 Å². The summed E-state index contributed by atoms with van der Waals surface area (Å²) in [6.45, 7) is 6.16. The SMILES string of the molecule is CC(C)(C)S.Cl. The lowest BCUT2D eigenvalue weighted by atomic mass is 10.3. The van der Waals surface area contributed by atoms with Gasteiger partial charge in [-0.2, -0.15) is 12.6 Å². The summed E-state index contributed by atoms with van der Waals surface area (Å²) >= 11 is 4.12. The largest absolute Gasteiger partial charge is 0.173 e. The molecule has 0 saturated heterocycles. The summed E-state index contributed by atoms with van der Waals surface area (Å²) in [5.74, 6) is 0. The molecule has 0 aliphatic carbocycles. The van der Waals surface area contributed by atoms with E-state index in [4.69, 9.17) is 0 Å². The molecule has 0 aliphatic rings. The first-order chi connectivity index (χ1) is 2.00. The van der Waals surface area contributed by atoms with E-state index >= 15 is 0 Å². The van der Waals surface area contributed by atoms with Crippen LogP contribution in [0.5, 0.6) is 0 Å². The van der Waals surface area contributed by atoms with E-state index in [0.717, 1.165) is 0 Å². The Bertz CT molecular complexity index is 23.0. The minimum Gasteiger partial charge on any atom is -0.173 e. The number of thiol groups is 1. The van der Waals surface area contributed by atoms with Crippen LogP contribution in [0.3, 0.4) is 0 Å². The lowest BCUT2D eigenvalue weighted by Crippen LogP contribution is -1.99. The van der Waals surface area contributed by atoms with Gasteiger partial charge in [-0.05, 0) is 0 Å². The van der Waals surface area contributed by atoms with Crippen LogP contribution in [-0.4, -0.2) is 4.75 Å². The van der Waals surface area contributed by atoms with Crippen LogP contribution >= 0.6 is 25.0 Å². The molecule has 0 spiro atoms. The average Bonchev–Trinajstić information content (AvgIpc) is 0.722. The molecule has 0 aromatic heterocycles. The average molecular weight is 127 g/mol. The fourth-order valence-corrected chi connectivity index (χ4v) is 0. The maximum atomic E-state index is 4.12. The van der Waals surface area contributed by atoms with Crippen molar-refractivity contribution >= 4 is 25.0 Å². The Hall–Kier alpha value is 0.640. The van der Waals surface area contributed by atoms with Crippen molar-refractivity contribution in [2.45, 2.75) is 25.5 Å². The Balaban J connectivity index is 0. The van der Waals surface area contributed by atoms with Gasteiger partial charge >= 0.3 is 0 Å². The second kappa shape index (κ2) is 2.75. The molecule has 0 rings (SSSR count). The van der Waals surface area contributed by atoms with Gasteiger partial charge in [0.25, 0.3) is 0 Å². The molecule has 6 heavy (non-hydrogen) atoms. The third-order valence-electron chi connectivity index (χ3n) is 0. The van der Waals surface area contributed by atoms with Crippen molar-refractivity contribution in [2.75, 3.05) is 0 Å². The molecule has 0 aromatic carbocycles. The molecule has 0 radical (unpaired) electrons. The van der Waals surface area contributed by atoms with E-state index in [-0.39, 0.29) is 17.2 Å². The van der Waals surface area contributed by atoms with Crippen molar-refractivity contribution in [3.63, 3.8) is 0 Å². The van der Waals surface area contributed by atoms with Crippen LogP contribution in [0.4, 0.5) is 0 Å². The molecule has 0 aliphatic heterocycles. The summed E-state index contributed by atoms with van der Waals surface area (Å²) in [5, 5.41) is 0. The smallest absolute Gasteiger partial charge is 0.00449 e. The molecule has 0 fully saturated rings. The zero-order chi connectivity index (χ0) is 4.50. The highest BCUT2D eigenvalue weighted by molar-refractivity contribution is 7.81. The molecule has 40 valence electrons. The molecular formula is C4H11ClS. The van der Waals surface area contributed by atoms with Crippen molar-refractivity contribution in [1.29, 1.82) is 0 Å². The van der Waals surface area contributed by atoms with Gasteiger partial charge in [-0.3, -0.25) is 0 Å². The standard InChI is InChI=1S/C4H10S.ClH/c1-4(2,3)5;/h5H,1-3H3;1H. The van der Waals surface area contributed by atoms with Crippen LogP contribution in [0.15, 0.2) is 0 Å². The van der Waals surface area contributed by atoms with Crippen molar-refractivity contribution in [3.05, 3.63) is 0 Å². The molecule has 0 aromatic rings. The fraction of sp³-hybridized carbons (Fsp3) is 1.00. The Labute approximate surface area is 51.1 Å². The Morgan fingerprint density at radius 3 is 1.17 bits per heavy atom. The highest BCUT2D eigenvalue weighted by Crippen LogP contribution is 2.07. The second-order valence-electron chi connectivity index (χ2n) is 2.17. The van der Waals surface area contributed by atoms with E-state index < -0.39 is 0 Å². The predicted octanol–water partition coefficient (Wildman–Crippen LogP) is 2.14. The minimum absolute atomic E-state index is 0. The van der Waals surface area contributed by atoms with E-state index in [1.54, 1.807) is 0 Å². The van der Waals surface area contributed by atoms with Crippen LogP contribution in [0.1, 0.15) is 20.8 Å². The molecule has 0 bridgehead atoms. The molecule has 2 heteroatoms. The number of hydrogen-bond acceptors (Lipinski definition) is 1. The molecule has 0 N–H and O–H groups in total. The van der Waals surface area contributed by atoms with Gasteiger partial charge in [0.15, 0.2) is 0 Å². The van der Waals surface area contributed by atoms with Crippen LogP contribution in [0.2, 0.25) is 0 Å². The van der Waals surface area contributed by atoms with Gasteiger partial charge in [-0.15, -0.1) is 12.4 Å². The summed E-state index contributed by atoms with van der Waals surface area (Å²) in [5.41, 5.74) is 0. The third-order valence-corrected chi connectivity index (χ3v) is 0. The molecule has 0 unspecified atom stereocenters. The van der Waals surface area contributed by atoms with Gasteiger partial charge in [0.05, 0.1) is 0 Å². The fourth-order valence-electron chi connectivity index (χ4n) is 0. The van der Waals surface area contributed by atoms with Gasteiger partial charge < -0.3 is 0 Å².